The second kappa shape index (κ2) is 9.02. The molecule has 0 amide bonds. The number of aromatic nitrogens is 4. The molecule has 4 rings (SSSR count). The van der Waals surface area contributed by atoms with Crippen LogP contribution in [0.1, 0.15) is 35.5 Å². The molecule has 2 aromatic heterocycles. The quantitative estimate of drug-likeness (QED) is 0.334. The van der Waals surface area contributed by atoms with Crippen molar-refractivity contribution in [1.82, 2.24) is 19.7 Å². The predicted molar refractivity (Wildman–Crippen MR) is 126 cm³/mol. The normalized spacial score (nSPS) is 12.8. The predicted octanol–water partition coefficient (Wildman–Crippen LogP) is 5.83. The van der Waals surface area contributed by atoms with E-state index in [1.807, 2.05) is 0 Å². The molecule has 7 nitrogen and oxygen atoms in total. The summed E-state index contributed by atoms with van der Waals surface area (Å²) in [6, 6.07) is 7.14. The fourth-order valence-electron chi connectivity index (χ4n) is 3.92. The Morgan fingerprint density at radius 3 is 2.56 bits per heavy atom. The number of alkyl halides is 3. The van der Waals surface area contributed by atoms with Crippen LogP contribution in [-0.2, 0) is 17.8 Å². The summed E-state index contributed by atoms with van der Waals surface area (Å²) >= 11 is 0. The maximum Gasteiger partial charge on any atom is 0.416 e. The van der Waals surface area contributed by atoms with Crippen LogP contribution in [0.15, 0.2) is 42.7 Å². The zero-order valence-corrected chi connectivity index (χ0v) is 19.8. The molecule has 2 N–H and O–H groups in total. The van der Waals surface area contributed by atoms with Gasteiger partial charge in [-0.3, -0.25) is 9.25 Å². The van der Waals surface area contributed by atoms with Gasteiger partial charge in [-0.1, -0.05) is 12.1 Å². The molecule has 1 atom stereocenters. The highest BCUT2D eigenvalue weighted by atomic mass is 31.1. The van der Waals surface area contributed by atoms with Crippen molar-refractivity contribution in [3.8, 4) is 0 Å². The first-order valence-electron chi connectivity index (χ1n) is 10.4. The fraction of sp³-hybridized carbons (Fsp3) is 0.261. The number of nitrogens with one attached hydrogen (secondary N) is 2. The van der Waals surface area contributed by atoms with Crippen molar-refractivity contribution in [3.05, 3.63) is 65.2 Å². The molecule has 0 aliphatic carbocycles. The molecule has 0 radical (unpaired) electrons. The second-order valence-electron chi connectivity index (χ2n) is 8.01. The van der Waals surface area contributed by atoms with Gasteiger partial charge in [-0.15, -0.1) is 0 Å². The third kappa shape index (κ3) is 4.72. The number of nitrogens with zero attached hydrogens (tertiary/aromatic N) is 4. The summed E-state index contributed by atoms with van der Waals surface area (Å²) in [4.78, 5) is 8.97. The van der Waals surface area contributed by atoms with Gasteiger partial charge in [0.1, 0.15) is 11.6 Å². The maximum absolute atomic E-state index is 13.4. The first-order chi connectivity index (χ1) is 16.1. The van der Waals surface area contributed by atoms with E-state index in [-0.39, 0.29) is 14.0 Å². The van der Waals surface area contributed by atoms with Gasteiger partial charge in [0.05, 0.1) is 40.0 Å². The van der Waals surface area contributed by atoms with E-state index in [9.17, 15) is 17.7 Å². The third-order valence-corrected chi connectivity index (χ3v) is 6.07. The first kappa shape index (κ1) is 23.6. The van der Waals surface area contributed by atoms with Crippen LogP contribution in [0.2, 0.25) is 0 Å². The highest BCUT2D eigenvalue weighted by molar-refractivity contribution is 7.34. The van der Waals surface area contributed by atoms with Crippen LogP contribution in [0.4, 0.5) is 30.4 Å². The molecule has 1 unspecified atom stereocenters. The van der Waals surface area contributed by atoms with Gasteiger partial charge < -0.3 is 10.6 Å². The lowest BCUT2D eigenvalue weighted by Crippen LogP contribution is -2.15. The SMILES string of the molecule is Cc1nc(NC(C)c2cccc(C(F)(F)F)c2C)c2cc(P=O)c(Nc3cnn(C)c3)cc2n1. The smallest absolute Gasteiger partial charge is 0.363 e. The zero-order valence-electron chi connectivity index (χ0n) is 18.9. The minimum absolute atomic E-state index is 0.159. The van der Waals surface area contributed by atoms with Crippen molar-refractivity contribution < 1.29 is 17.7 Å². The summed E-state index contributed by atoms with van der Waals surface area (Å²) in [5.41, 5.74) is 1.93. The van der Waals surface area contributed by atoms with Gasteiger partial charge in [-0.2, -0.15) is 18.3 Å². The van der Waals surface area contributed by atoms with Crippen molar-refractivity contribution in [2.24, 2.45) is 7.05 Å². The van der Waals surface area contributed by atoms with E-state index in [1.165, 1.54) is 13.0 Å². The van der Waals surface area contributed by atoms with Gasteiger partial charge in [0.15, 0.2) is 8.46 Å². The molecular formula is C23H22F3N6OP. The zero-order chi connectivity index (χ0) is 24.6. The largest absolute Gasteiger partial charge is 0.416 e. The maximum atomic E-state index is 13.4. The van der Waals surface area contributed by atoms with E-state index < -0.39 is 17.8 Å². The average Bonchev–Trinajstić information content (AvgIpc) is 3.17. The van der Waals surface area contributed by atoms with Crippen molar-refractivity contribution in [3.63, 3.8) is 0 Å². The van der Waals surface area contributed by atoms with Gasteiger partial charge in [-0.05, 0) is 50.1 Å². The highest BCUT2D eigenvalue weighted by Gasteiger charge is 2.33. The van der Waals surface area contributed by atoms with E-state index in [2.05, 4.69) is 25.7 Å². The van der Waals surface area contributed by atoms with Crippen LogP contribution in [-0.4, -0.2) is 19.7 Å². The number of aryl methyl sites for hydroxylation is 2. The van der Waals surface area contributed by atoms with E-state index in [4.69, 9.17) is 0 Å². The van der Waals surface area contributed by atoms with Gasteiger partial charge >= 0.3 is 6.18 Å². The van der Waals surface area contributed by atoms with E-state index in [0.717, 1.165) is 11.8 Å². The number of hydrogen-bond donors (Lipinski definition) is 2. The molecular weight excluding hydrogens is 464 g/mol. The van der Waals surface area contributed by atoms with Gasteiger partial charge in [0.2, 0.25) is 0 Å². The van der Waals surface area contributed by atoms with Crippen LogP contribution in [0.5, 0.6) is 0 Å². The van der Waals surface area contributed by atoms with E-state index >= 15 is 0 Å². The Bertz CT molecular complexity index is 1390. The van der Waals surface area contributed by atoms with E-state index in [1.54, 1.807) is 56.2 Å². The Balaban J connectivity index is 1.74. The average molecular weight is 486 g/mol. The number of fused-ring (bicyclic) bond motifs is 1. The lowest BCUT2D eigenvalue weighted by molar-refractivity contribution is -0.138. The van der Waals surface area contributed by atoms with Crippen molar-refractivity contribution in [2.45, 2.75) is 33.0 Å². The minimum Gasteiger partial charge on any atom is -0.363 e. The molecule has 4 aromatic rings. The summed E-state index contributed by atoms with van der Waals surface area (Å²) in [5, 5.41) is 11.6. The molecule has 34 heavy (non-hydrogen) atoms. The van der Waals surface area contributed by atoms with Crippen molar-refractivity contribution >= 4 is 41.9 Å². The van der Waals surface area contributed by atoms with Crippen LogP contribution in [0.3, 0.4) is 0 Å². The van der Waals surface area contributed by atoms with Crippen molar-refractivity contribution in [2.75, 3.05) is 10.6 Å². The van der Waals surface area contributed by atoms with Crippen LogP contribution in [0, 0.1) is 13.8 Å². The molecule has 0 saturated carbocycles. The number of hydrogen-bond acceptors (Lipinski definition) is 6. The summed E-state index contributed by atoms with van der Waals surface area (Å²) < 4.78 is 53.7. The molecule has 11 heteroatoms. The summed E-state index contributed by atoms with van der Waals surface area (Å²) in [5.74, 6) is 0.937. The van der Waals surface area contributed by atoms with Crippen LogP contribution >= 0.6 is 8.46 Å². The monoisotopic (exact) mass is 486 g/mol. The Morgan fingerprint density at radius 2 is 1.91 bits per heavy atom. The van der Waals surface area contributed by atoms with Gasteiger partial charge in [0.25, 0.3) is 0 Å². The third-order valence-electron chi connectivity index (χ3n) is 5.51. The summed E-state index contributed by atoms with van der Waals surface area (Å²) in [7, 11) is 1.58. The number of anilines is 3. The van der Waals surface area contributed by atoms with Crippen molar-refractivity contribution in [1.29, 1.82) is 0 Å². The minimum atomic E-state index is -4.43. The lowest BCUT2D eigenvalue weighted by Gasteiger charge is -2.21. The summed E-state index contributed by atoms with van der Waals surface area (Å²) in [6.45, 7) is 4.97. The molecule has 0 spiro atoms. The second-order valence-corrected chi connectivity index (χ2v) is 8.67. The molecule has 0 fully saturated rings. The number of halogens is 3. The molecule has 0 aliphatic heterocycles. The first-order valence-corrected chi connectivity index (χ1v) is 11.2. The van der Waals surface area contributed by atoms with Gasteiger partial charge in [0, 0.05) is 18.6 Å². The standard InChI is InChI=1S/C23H22F3N6OP/c1-12-16(6-5-7-18(12)23(24,25)26)13(2)28-22-17-8-21(34-33)20(9-19(17)29-14(3)30-22)31-15-10-27-32(4)11-15/h5-11,13,31H,1-4H3,(H,28,29,30). The number of benzene rings is 2. The Kier molecular flexibility index (Phi) is 6.27. The molecule has 176 valence electrons. The molecule has 2 aromatic carbocycles. The topological polar surface area (TPSA) is 84.7 Å². The summed E-state index contributed by atoms with van der Waals surface area (Å²) in [6.07, 6.45) is -1.00. The Morgan fingerprint density at radius 1 is 1.15 bits per heavy atom. The molecule has 2 heterocycles. The number of rotatable bonds is 6. The molecule has 0 saturated heterocycles. The molecule has 0 bridgehead atoms. The van der Waals surface area contributed by atoms with Crippen LogP contribution in [0.25, 0.3) is 10.9 Å². The fourth-order valence-corrected chi connectivity index (χ4v) is 4.32. The van der Waals surface area contributed by atoms with E-state index in [0.29, 0.717) is 39.1 Å². The Hall–Kier alpha value is -3.52. The van der Waals surface area contributed by atoms with Gasteiger partial charge in [-0.25, -0.2) is 9.97 Å². The Labute approximate surface area is 195 Å². The molecule has 0 aliphatic rings. The van der Waals surface area contributed by atoms with Crippen LogP contribution < -0.4 is 15.9 Å². The lowest BCUT2D eigenvalue weighted by atomic mass is 9.97. The highest BCUT2D eigenvalue weighted by Crippen LogP contribution is 2.36.